The minimum atomic E-state index is -0.359. The topological polar surface area (TPSA) is 55.3 Å². The van der Waals surface area contributed by atoms with E-state index >= 15 is 0 Å². The number of hydrogen-bond donors (Lipinski definition) is 0. The van der Waals surface area contributed by atoms with Gasteiger partial charge in [-0.3, -0.25) is 9.78 Å². The maximum atomic E-state index is 12.8. The normalized spacial score (nSPS) is 20.3. The molecule has 0 N–H and O–H groups in total. The van der Waals surface area contributed by atoms with Crippen LogP contribution in [0.15, 0.2) is 48.9 Å². The Labute approximate surface area is 136 Å². The number of ether oxygens (including phenoxy) is 1. The molecule has 0 bridgehead atoms. The Balaban J connectivity index is 1.76. The lowest BCUT2D eigenvalue weighted by Gasteiger charge is -2.45. The van der Waals surface area contributed by atoms with Gasteiger partial charge in [-0.2, -0.15) is 0 Å². The number of rotatable bonds is 3. The summed E-state index contributed by atoms with van der Waals surface area (Å²) in [6, 6.07) is 10.2. The Morgan fingerprint density at radius 1 is 1.30 bits per heavy atom. The quantitative estimate of drug-likeness (QED) is 0.873. The van der Waals surface area contributed by atoms with E-state index in [1.807, 2.05) is 36.9 Å². The van der Waals surface area contributed by atoms with Crippen LogP contribution in [0.1, 0.15) is 29.9 Å². The fourth-order valence-corrected chi connectivity index (χ4v) is 2.81. The van der Waals surface area contributed by atoms with E-state index in [0.29, 0.717) is 18.8 Å². The number of hydrogen-bond acceptors (Lipinski definition) is 4. The van der Waals surface area contributed by atoms with E-state index in [-0.39, 0.29) is 17.6 Å². The molecule has 0 spiro atoms. The van der Waals surface area contributed by atoms with Gasteiger partial charge in [0.1, 0.15) is 5.69 Å². The van der Waals surface area contributed by atoms with Crippen molar-refractivity contribution in [1.29, 1.82) is 0 Å². The average Bonchev–Trinajstić information content (AvgIpc) is 2.57. The Morgan fingerprint density at radius 3 is 2.78 bits per heavy atom. The number of carbonyl (C=O) groups excluding carboxylic acids is 1. The number of morpholine rings is 1. The largest absolute Gasteiger partial charge is 0.374 e. The maximum Gasteiger partial charge on any atom is 0.274 e. The second kappa shape index (κ2) is 6.46. The molecule has 1 aromatic carbocycles. The standard InChI is InChI=1S/C18H21N3O2/c1-18(2)13-23-15(10-14-6-4-3-5-7-14)12-21(18)17(22)16-11-19-8-9-20-16/h3-9,11,15H,10,12-13H2,1-2H3. The molecule has 2 heterocycles. The number of benzene rings is 1. The van der Waals surface area contributed by atoms with E-state index in [9.17, 15) is 4.79 Å². The summed E-state index contributed by atoms with van der Waals surface area (Å²) in [7, 11) is 0. The van der Waals surface area contributed by atoms with Crippen LogP contribution in [0.5, 0.6) is 0 Å². The molecule has 23 heavy (non-hydrogen) atoms. The van der Waals surface area contributed by atoms with Gasteiger partial charge in [-0.05, 0) is 19.4 Å². The van der Waals surface area contributed by atoms with Gasteiger partial charge in [0, 0.05) is 25.4 Å². The van der Waals surface area contributed by atoms with Crippen LogP contribution in [0.3, 0.4) is 0 Å². The lowest BCUT2D eigenvalue weighted by Crippen LogP contribution is -2.58. The molecule has 0 saturated carbocycles. The first-order chi connectivity index (χ1) is 11.1. The Hall–Kier alpha value is -2.27. The fraction of sp³-hybridized carbons (Fsp3) is 0.389. The van der Waals surface area contributed by atoms with E-state index in [1.54, 1.807) is 12.4 Å². The van der Waals surface area contributed by atoms with Crippen molar-refractivity contribution in [2.75, 3.05) is 13.2 Å². The summed E-state index contributed by atoms with van der Waals surface area (Å²) in [5.74, 6) is -0.0931. The molecule has 1 saturated heterocycles. The van der Waals surface area contributed by atoms with Crippen molar-refractivity contribution in [3.05, 3.63) is 60.2 Å². The van der Waals surface area contributed by atoms with Crippen molar-refractivity contribution in [1.82, 2.24) is 14.9 Å². The molecule has 2 aromatic rings. The number of aromatic nitrogens is 2. The molecule has 1 aliphatic rings. The highest BCUT2D eigenvalue weighted by Gasteiger charge is 2.38. The van der Waals surface area contributed by atoms with Gasteiger partial charge in [0.05, 0.1) is 24.4 Å². The summed E-state index contributed by atoms with van der Waals surface area (Å²) in [6.45, 7) is 5.09. The molecule has 1 fully saturated rings. The minimum absolute atomic E-state index is 0.00829. The van der Waals surface area contributed by atoms with Crippen LogP contribution in [0, 0.1) is 0 Å². The number of carbonyl (C=O) groups is 1. The van der Waals surface area contributed by atoms with Gasteiger partial charge in [-0.1, -0.05) is 30.3 Å². The monoisotopic (exact) mass is 311 g/mol. The zero-order valence-corrected chi connectivity index (χ0v) is 13.5. The van der Waals surface area contributed by atoms with Crippen LogP contribution >= 0.6 is 0 Å². The van der Waals surface area contributed by atoms with E-state index in [2.05, 4.69) is 22.1 Å². The Bertz CT molecular complexity index is 658. The third-order valence-electron chi connectivity index (χ3n) is 4.12. The van der Waals surface area contributed by atoms with Gasteiger partial charge in [-0.15, -0.1) is 0 Å². The van der Waals surface area contributed by atoms with Crippen LogP contribution in [-0.4, -0.2) is 45.6 Å². The molecule has 1 amide bonds. The predicted molar refractivity (Wildman–Crippen MR) is 87.0 cm³/mol. The van der Waals surface area contributed by atoms with Crippen LogP contribution in [0.25, 0.3) is 0 Å². The number of nitrogens with zero attached hydrogens (tertiary/aromatic N) is 3. The van der Waals surface area contributed by atoms with Crippen LogP contribution in [0.2, 0.25) is 0 Å². The summed E-state index contributed by atoms with van der Waals surface area (Å²) in [5, 5.41) is 0. The summed E-state index contributed by atoms with van der Waals surface area (Å²) in [6.07, 6.45) is 5.41. The second-order valence-corrected chi connectivity index (χ2v) is 6.44. The van der Waals surface area contributed by atoms with Gasteiger partial charge in [0.15, 0.2) is 0 Å². The molecular formula is C18H21N3O2. The summed E-state index contributed by atoms with van der Waals surface area (Å²) in [5.41, 5.74) is 1.23. The summed E-state index contributed by atoms with van der Waals surface area (Å²) in [4.78, 5) is 22.8. The maximum absolute atomic E-state index is 12.8. The van der Waals surface area contributed by atoms with Crippen LogP contribution in [-0.2, 0) is 11.2 Å². The van der Waals surface area contributed by atoms with Gasteiger partial charge >= 0.3 is 0 Å². The Morgan fingerprint density at radius 2 is 2.09 bits per heavy atom. The van der Waals surface area contributed by atoms with Crippen molar-refractivity contribution in [3.8, 4) is 0 Å². The lowest BCUT2D eigenvalue weighted by molar-refractivity contribution is -0.0823. The van der Waals surface area contributed by atoms with Gasteiger partial charge < -0.3 is 9.64 Å². The molecule has 0 radical (unpaired) electrons. The molecule has 1 aliphatic heterocycles. The van der Waals surface area contributed by atoms with Gasteiger partial charge in [0.25, 0.3) is 5.91 Å². The van der Waals surface area contributed by atoms with Crippen molar-refractivity contribution in [2.24, 2.45) is 0 Å². The molecule has 1 unspecified atom stereocenters. The molecule has 3 rings (SSSR count). The highest BCUT2D eigenvalue weighted by molar-refractivity contribution is 5.92. The molecule has 5 nitrogen and oxygen atoms in total. The highest BCUT2D eigenvalue weighted by atomic mass is 16.5. The number of amides is 1. The van der Waals surface area contributed by atoms with E-state index in [0.717, 1.165) is 6.42 Å². The first-order valence-corrected chi connectivity index (χ1v) is 7.80. The van der Waals surface area contributed by atoms with Crippen molar-refractivity contribution < 1.29 is 9.53 Å². The highest BCUT2D eigenvalue weighted by Crippen LogP contribution is 2.25. The first-order valence-electron chi connectivity index (χ1n) is 7.80. The molecule has 1 aromatic heterocycles. The van der Waals surface area contributed by atoms with E-state index < -0.39 is 0 Å². The van der Waals surface area contributed by atoms with Crippen molar-refractivity contribution in [2.45, 2.75) is 31.9 Å². The molecule has 5 heteroatoms. The van der Waals surface area contributed by atoms with Gasteiger partial charge in [0.2, 0.25) is 0 Å². The third-order valence-corrected chi connectivity index (χ3v) is 4.12. The smallest absolute Gasteiger partial charge is 0.274 e. The third kappa shape index (κ3) is 3.56. The predicted octanol–water partition coefficient (Wildman–Crippen LogP) is 2.34. The summed E-state index contributed by atoms with van der Waals surface area (Å²) < 4.78 is 5.98. The minimum Gasteiger partial charge on any atom is -0.374 e. The van der Waals surface area contributed by atoms with Crippen molar-refractivity contribution in [3.63, 3.8) is 0 Å². The van der Waals surface area contributed by atoms with Crippen molar-refractivity contribution >= 4 is 5.91 Å². The zero-order valence-electron chi connectivity index (χ0n) is 13.5. The lowest BCUT2D eigenvalue weighted by atomic mass is 9.97. The van der Waals surface area contributed by atoms with E-state index in [1.165, 1.54) is 11.8 Å². The summed E-state index contributed by atoms with van der Waals surface area (Å²) >= 11 is 0. The molecule has 120 valence electrons. The fourth-order valence-electron chi connectivity index (χ4n) is 2.81. The SMILES string of the molecule is CC1(C)COC(Cc2ccccc2)CN1C(=O)c1cnccn1. The molecule has 1 atom stereocenters. The second-order valence-electron chi connectivity index (χ2n) is 6.44. The molecular weight excluding hydrogens is 290 g/mol. The Kier molecular flexibility index (Phi) is 4.39. The van der Waals surface area contributed by atoms with Crippen LogP contribution < -0.4 is 0 Å². The first kappa shape index (κ1) is 15.6. The molecule has 0 aliphatic carbocycles. The zero-order chi connectivity index (χ0) is 16.3. The average molecular weight is 311 g/mol. The van der Waals surface area contributed by atoms with E-state index in [4.69, 9.17) is 4.74 Å². The van der Waals surface area contributed by atoms with Gasteiger partial charge in [-0.25, -0.2) is 4.98 Å². The van der Waals surface area contributed by atoms with Crippen LogP contribution in [0.4, 0.5) is 0 Å².